The van der Waals surface area contributed by atoms with Gasteiger partial charge < -0.3 is 23.7 Å². The Kier molecular flexibility index (Phi) is 15.7. The fourth-order valence-electron chi connectivity index (χ4n) is 3.65. The van der Waals surface area contributed by atoms with Gasteiger partial charge in [0.1, 0.15) is 13.2 Å². The molecule has 0 radical (unpaired) electrons. The van der Waals surface area contributed by atoms with Crippen LogP contribution in [-0.2, 0) is 23.7 Å². The minimum atomic E-state index is -0.429. The van der Waals surface area contributed by atoms with Crippen molar-refractivity contribution in [2.45, 2.75) is 12.8 Å². The molecule has 0 saturated heterocycles. The number of esters is 4. The molecule has 0 aromatic heterocycles. The lowest BCUT2D eigenvalue weighted by Gasteiger charge is -2.07. The summed E-state index contributed by atoms with van der Waals surface area (Å²) in [5.74, 6) is -1.51. The standard InChI is InChI=1S/C20H22O5.C16H14O4/c21-19(17-9-3-1-4-10-17)24-15-7-13-23-14-8-16-25-20(22)18-11-5-2-6-12-18;17-15(13-7-3-1-4-8-13)19-11-12-20-16(18)14-9-5-2-6-10-14/h1-6,9-12H,7-8,13-16H2;1-10H,11-12H2. The Morgan fingerprint density at radius 3 is 0.844 bits per heavy atom. The fraction of sp³-hybridized carbons (Fsp3) is 0.222. The van der Waals surface area contributed by atoms with Crippen LogP contribution in [0.2, 0.25) is 0 Å². The normalized spacial score (nSPS) is 10.0. The van der Waals surface area contributed by atoms with E-state index in [1.807, 2.05) is 24.3 Å². The predicted octanol–water partition coefficient (Wildman–Crippen LogP) is 6.20. The van der Waals surface area contributed by atoms with Crippen LogP contribution in [0.15, 0.2) is 121 Å². The summed E-state index contributed by atoms with van der Waals surface area (Å²) in [5, 5.41) is 0. The first-order valence-corrected chi connectivity index (χ1v) is 14.5. The maximum Gasteiger partial charge on any atom is 0.338 e. The fourth-order valence-corrected chi connectivity index (χ4v) is 3.65. The topological polar surface area (TPSA) is 114 Å². The van der Waals surface area contributed by atoms with Crippen molar-refractivity contribution < 1.29 is 42.9 Å². The van der Waals surface area contributed by atoms with E-state index in [0.29, 0.717) is 61.5 Å². The monoisotopic (exact) mass is 612 g/mol. The molecule has 0 fully saturated rings. The first-order chi connectivity index (χ1) is 22.0. The average Bonchev–Trinajstić information content (AvgIpc) is 3.10. The van der Waals surface area contributed by atoms with Crippen molar-refractivity contribution in [1.82, 2.24) is 0 Å². The van der Waals surface area contributed by atoms with E-state index in [1.54, 1.807) is 97.1 Å². The number of hydrogen-bond acceptors (Lipinski definition) is 9. The van der Waals surface area contributed by atoms with E-state index in [-0.39, 0.29) is 25.2 Å². The van der Waals surface area contributed by atoms with Crippen molar-refractivity contribution in [3.8, 4) is 0 Å². The van der Waals surface area contributed by atoms with Gasteiger partial charge in [0, 0.05) is 26.1 Å². The summed E-state index contributed by atoms with van der Waals surface area (Å²) in [7, 11) is 0. The van der Waals surface area contributed by atoms with Gasteiger partial charge in [-0.3, -0.25) is 0 Å². The predicted molar refractivity (Wildman–Crippen MR) is 167 cm³/mol. The first-order valence-electron chi connectivity index (χ1n) is 14.5. The summed E-state index contributed by atoms with van der Waals surface area (Å²) < 4.78 is 25.7. The minimum Gasteiger partial charge on any atom is -0.462 e. The van der Waals surface area contributed by atoms with Crippen molar-refractivity contribution in [3.05, 3.63) is 144 Å². The molecule has 9 nitrogen and oxygen atoms in total. The molecule has 0 amide bonds. The number of carbonyl (C=O) groups excluding carboxylic acids is 4. The Balaban J connectivity index is 0.000000251. The smallest absolute Gasteiger partial charge is 0.338 e. The third kappa shape index (κ3) is 13.7. The molecule has 0 spiro atoms. The molecule has 0 N–H and O–H groups in total. The summed E-state index contributed by atoms with van der Waals surface area (Å²) in [6.07, 6.45) is 1.25. The molecule has 0 saturated carbocycles. The molecule has 4 rings (SSSR count). The van der Waals surface area contributed by atoms with Crippen molar-refractivity contribution in [2.24, 2.45) is 0 Å². The van der Waals surface area contributed by atoms with Gasteiger partial charge in [0.15, 0.2) is 0 Å². The molecular formula is C36H36O9. The maximum absolute atomic E-state index is 11.7. The van der Waals surface area contributed by atoms with Crippen LogP contribution in [0.5, 0.6) is 0 Å². The molecule has 0 bridgehead atoms. The zero-order valence-corrected chi connectivity index (χ0v) is 24.9. The van der Waals surface area contributed by atoms with Crippen molar-refractivity contribution >= 4 is 23.9 Å². The van der Waals surface area contributed by atoms with Crippen LogP contribution in [0.3, 0.4) is 0 Å². The highest BCUT2D eigenvalue weighted by molar-refractivity contribution is 5.90. The Morgan fingerprint density at radius 1 is 0.333 bits per heavy atom. The highest BCUT2D eigenvalue weighted by Gasteiger charge is 2.09. The number of rotatable bonds is 15. The highest BCUT2D eigenvalue weighted by atomic mass is 16.6. The zero-order valence-electron chi connectivity index (χ0n) is 24.9. The molecule has 4 aromatic carbocycles. The van der Waals surface area contributed by atoms with E-state index in [4.69, 9.17) is 23.7 Å². The van der Waals surface area contributed by atoms with Gasteiger partial charge in [0.25, 0.3) is 0 Å². The number of ether oxygens (including phenoxy) is 5. The van der Waals surface area contributed by atoms with Crippen LogP contribution in [0.1, 0.15) is 54.3 Å². The van der Waals surface area contributed by atoms with E-state index in [9.17, 15) is 19.2 Å². The van der Waals surface area contributed by atoms with E-state index in [0.717, 1.165) is 0 Å². The summed E-state index contributed by atoms with van der Waals surface area (Å²) in [6, 6.07) is 35.1. The van der Waals surface area contributed by atoms with Crippen LogP contribution in [0.25, 0.3) is 0 Å². The summed E-state index contributed by atoms with van der Waals surface area (Å²) in [5.41, 5.74) is 2.04. The Hall–Kier alpha value is -5.28. The van der Waals surface area contributed by atoms with Gasteiger partial charge in [-0.1, -0.05) is 72.8 Å². The minimum absolute atomic E-state index is 0.0340. The van der Waals surface area contributed by atoms with Gasteiger partial charge in [0.2, 0.25) is 0 Å². The van der Waals surface area contributed by atoms with Gasteiger partial charge in [-0.25, -0.2) is 19.2 Å². The van der Waals surface area contributed by atoms with Crippen molar-refractivity contribution in [1.29, 1.82) is 0 Å². The van der Waals surface area contributed by atoms with Crippen LogP contribution >= 0.6 is 0 Å². The number of benzene rings is 4. The van der Waals surface area contributed by atoms with E-state index < -0.39 is 11.9 Å². The van der Waals surface area contributed by atoms with Gasteiger partial charge in [-0.05, 0) is 48.5 Å². The van der Waals surface area contributed by atoms with Crippen molar-refractivity contribution in [2.75, 3.05) is 39.6 Å². The molecular weight excluding hydrogens is 576 g/mol. The highest BCUT2D eigenvalue weighted by Crippen LogP contribution is 2.04. The van der Waals surface area contributed by atoms with Crippen LogP contribution in [-0.4, -0.2) is 63.5 Å². The third-order valence-electron chi connectivity index (χ3n) is 5.92. The molecule has 0 aliphatic rings. The van der Waals surface area contributed by atoms with Crippen LogP contribution in [0, 0.1) is 0 Å². The second kappa shape index (κ2) is 20.6. The number of hydrogen-bond donors (Lipinski definition) is 0. The molecule has 0 aliphatic carbocycles. The molecule has 45 heavy (non-hydrogen) atoms. The molecule has 4 aromatic rings. The molecule has 0 atom stereocenters. The van der Waals surface area contributed by atoms with Gasteiger partial charge in [-0.15, -0.1) is 0 Å². The Labute approximate surface area is 262 Å². The molecule has 0 heterocycles. The van der Waals surface area contributed by atoms with E-state index in [2.05, 4.69) is 0 Å². The molecule has 0 aliphatic heterocycles. The average molecular weight is 613 g/mol. The maximum atomic E-state index is 11.7. The van der Waals surface area contributed by atoms with E-state index in [1.165, 1.54) is 0 Å². The van der Waals surface area contributed by atoms with Gasteiger partial charge >= 0.3 is 23.9 Å². The van der Waals surface area contributed by atoms with Crippen LogP contribution < -0.4 is 0 Å². The largest absolute Gasteiger partial charge is 0.462 e. The number of carbonyl (C=O) groups is 4. The Morgan fingerprint density at radius 2 is 0.578 bits per heavy atom. The zero-order chi connectivity index (χ0) is 32.0. The molecule has 234 valence electrons. The lowest BCUT2D eigenvalue weighted by Crippen LogP contribution is -2.14. The lowest BCUT2D eigenvalue weighted by molar-refractivity contribution is 0.0265. The quantitative estimate of drug-likeness (QED) is 0.0880. The summed E-state index contributed by atoms with van der Waals surface area (Å²) >= 11 is 0. The SMILES string of the molecule is O=C(OCCCOCCCOC(=O)c1ccccc1)c1ccccc1.O=C(OCCOC(=O)c1ccccc1)c1ccccc1. The molecule has 9 heteroatoms. The van der Waals surface area contributed by atoms with Gasteiger partial charge in [-0.2, -0.15) is 0 Å². The summed E-state index contributed by atoms with van der Waals surface area (Å²) in [4.78, 5) is 46.6. The first kappa shape index (κ1) is 34.2. The van der Waals surface area contributed by atoms with Crippen molar-refractivity contribution in [3.63, 3.8) is 0 Å². The van der Waals surface area contributed by atoms with Crippen LogP contribution in [0.4, 0.5) is 0 Å². The molecule has 0 unspecified atom stereocenters. The Bertz CT molecular complexity index is 1320. The third-order valence-corrected chi connectivity index (χ3v) is 5.92. The van der Waals surface area contributed by atoms with Gasteiger partial charge in [0.05, 0.1) is 35.5 Å². The summed E-state index contributed by atoms with van der Waals surface area (Å²) in [6.45, 7) is 1.69. The van der Waals surface area contributed by atoms with E-state index >= 15 is 0 Å². The lowest BCUT2D eigenvalue weighted by atomic mass is 10.2. The second-order valence-corrected chi connectivity index (χ2v) is 9.33. The second-order valence-electron chi connectivity index (χ2n) is 9.33.